The summed E-state index contributed by atoms with van der Waals surface area (Å²) in [5, 5.41) is 3.44. The summed E-state index contributed by atoms with van der Waals surface area (Å²) < 4.78 is 1.92. The van der Waals surface area contributed by atoms with Crippen LogP contribution in [0.25, 0.3) is 5.65 Å². The first-order chi connectivity index (χ1) is 9.20. The Morgan fingerprint density at radius 1 is 1.42 bits per heavy atom. The molecule has 0 unspecified atom stereocenters. The average Bonchev–Trinajstić information content (AvgIpc) is 3.04. The number of imidazole rings is 1. The molecular weight excluding hydrogens is 240 g/mol. The van der Waals surface area contributed by atoms with E-state index in [1.165, 1.54) is 25.7 Å². The third kappa shape index (κ3) is 2.35. The van der Waals surface area contributed by atoms with Gasteiger partial charge in [-0.05, 0) is 18.3 Å². The molecule has 6 nitrogen and oxygen atoms in total. The van der Waals surface area contributed by atoms with Crippen LogP contribution in [0.15, 0.2) is 18.6 Å². The number of aromatic nitrogens is 3. The molecule has 102 valence electrons. The zero-order valence-electron chi connectivity index (χ0n) is 11.2. The summed E-state index contributed by atoms with van der Waals surface area (Å²) in [7, 11) is 0. The van der Waals surface area contributed by atoms with Crippen LogP contribution >= 0.6 is 0 Å². The van der Waals surface area contributed by atoms with Crippen molar-refractivity contribution in [2.45, 2.75) is 32.6 Å². The van der Waals surface area contributed by atoms with Crippen molar-refractivity contribution in [2.75, 3.05) is 17.3 Å². The summed E-state index contributed by atoms with van der Waals surface area (Å²) in [6.07, 6.45) is 10.7. The van der Waals surface area contributed by atoms with Crippen molar-refractivity contribution in [2.24, 2.45) is 11.3 Å². The van der Waals surface area contributed by atoms with Crippen LogP contribution in [0.2, 0.25) is 0 Å². The van der Waals surface area contributed by atoms with E-state index in [1.54, 1.807) is 6.20 Å². The second-order valence-corrected chi connectivity index (χ2v) is 5.65. The molecule has 0 spiro atoms. The van der Waals surface area contributed by atoms with Crippen molar-refractivity contribution in [3.8, 4) is 0 Å². The predicted molar refractivity (Wildman–Crippen MR) is 75.9 cm³/mol. The molecule has 2 heterocycles. The van der Waals surface area contributed by atoms with Crippen molar-refractivity contribution in [1.82, 2.24) is 14.4 Å². The number of hydrogen-bond donors (Lipinski definition) is 3. The van der Waals surface area contributed by atoms with E-state index in [-0.39, 0.29) is 0 Å². The smallest absolute Gasteiger partial charge is 0.180 e. The topological polar surface area (TPSA) is 80.3 Å². The third-order valence-corrected chi connectivity index (χ3v) is 4.02. The van der Waals surface area contributed by atoms with E-state index in [0.29, 0.717) is 11.2 Å². The summed E-state index contributed by atoms with van der Waals surface area (Å²) in [4.78, 5) is 8.78. The van der Waals surface area contributed by atoms with Crippen LogP contribution in [0.4, 0.5) is 11.6 Å². The zero-order chi connectivity index (χ0) is 13.3. The van der Waals surface area contributed by atoms with E-state index in [2.05, 4.69) is 27.6 Å². The Morgan fingerprint density at radius 2 is 2.21 bits per heavy atom. The van der Waals surface area contributed by atoms with Crippen molar-refractivity contribution >= 4 is 17.3 Å². The predicted octanol–water partition coefficient (Wildman–Crippen LogP) is 2.01. The minimum atomic E-state index is 0.372. The molecule has 1 aliphatic carbocycles. The number of nitrogen functional groups attached to an aromatic ring is 1. The number of nitrogens with zero attached hydrogens (tertiary/aromatic N) is 3. The molecule has 1 aliphatic rings. The molecule has 0 aliphatic heterocycles. The minimum absolute atomic E-state index is 0.372. The third-order valence-electron chi connectivity index (χ3n) is 4.02. The highest BCUT2D eigenvalue weighted by molar-refractivity contribution is 5.65. The average molecular weight is 260 g/mol. The van der Waals surface area contributed by atoms with Gasteiger partial charge in [0.25, 0.3) is 0 Å². The van der Waals surface area contributed by atoms with Crippen LogP contribution in [-0.4, -0.2) is 20.9 Å². The highest BCUT2D eigenvalue weighted by Crippen LogP contribution is 2.37. The molecule has 0 radical (unpaired) electrons. The fourth-order valence-electron chi connectivity index (χ4n) is 2.82. The van der Waals surface area contributed by atoms with E-state index in [1.807, 2.05) is 16.8 Å². The highest BCUT2D eigenvalue weighted by atomic mass is 15.3. The lowest BCUT2D eigenvalue weighted by atomic mass is 9.89. The summed E-state index contributed by atoms with van der Waals surface area (Å²) >= 11 is 0. The Morgan fingerprint density at radius 3 is 2.95 bits per heavy atom. The number of rotatable bonds is 4. The van der Waals surface area contributed by atoms with E-state index in [4.69, 9.17) is 5.84 Å². The molecule has 0 bridgehead atoms. The number of nitrogens with one attached hydrogen (secondary N) is 2. The lowest BCUT2D eigenvalue weighted by Gasteiger charge is -2.24. The molecule has 19 heavy (non-hydrogen) atoms. The molecule has 0 amide bonds. The van der Waals surface area contributed by atoms with Gasteiger partial charge >= 0.3 is 0 Å². The number of nitrogens with two attached hydrogens (primary N) is 1. The Kier molecular flexibility index (Phi) is 3.02. The molecule has 0 saturated heterocycles. The molecule has 1 fully saturated rings. The fourth-order valence-corrected chi connectivity index (χ4v) is 2.82. The molecule has 2 aromatic rings. The van der Waals surface area contributed by atoms with Gasteiger partial charge in [-0.15, -0.1) is 0 Å². The maximum absolute atomic E-state index is 5.45. The SMILES string of the molecule is CC1(CNc2nc(NN)cn3ccnc23)CCCC1. The van der Waals surface area contributed by atoms with Crippen LogP contribution in [0.3, 0.4) is 0 Å². The van der Waals surface area contributed by atoms with Gasteiger partial charge in [-0.1, -0.05) is 19.8 Å². The van der Waals surface area contributed by atoms with Crippen LogP contribution < -0.4 is 16.6 Å². The quantitative estimate of drug-likeness (QED) is 0.579. The first kappa shape index (κ1) is 12.2. The van der Waals surface area contributed by atoms with E-state index in [0.717, 1.165) is 18.0 Å². The van der Waals surface area contributed by atoms with Crippen LogP contribution in [0.5, 0.6) is 0 Å². The Balaban J connectivity index is 1.85. The summed E-state index contributed by atoms with van der Waals surface area (Å²) in [6, 6.07) is 0. The number of fused-ring (bicyclic) bond motifs is 1. The van der Waals surface area contributed by atoms with Gasteiger partial charge in [-0.2, -0.15) is 0 Å². The maximum Gasteiger partial charge on any atom is 0.180 e. The van der Waals surface area contributed by atoms with Gasteiger partial charge in [0.1, 0.15) is 0 Å². The van der Waals surface area contributed by atoms with Gasteiger partial charge in [0, 0.05) is 18.9 Å². The van der Waals surface area contributed by atoms with E-state index >= 15 is 0 Å². The van der Waals surface area contributed by atoms with Crippen LogP contribution in [0.1, 0.15) is 32.6 Å². The number of hydrogen-bond acceptors (Lipinski definition) is 5. The molecule has 0 aromatic carbocycles. The van der Waals surface area contributed by atoms with E-state index in [9.17, 15) is 0 Å². The van der Waals surface area contributed by atoms with Gasteiger partial charge in [0.15, 0.2) is 17.3 Å². The van der Waals surface area contributed by atoms with Crippen molar-refractivity contribution in [3.63, 3.8) is 0 Å². The normalized spacial score (nSPS) is 17.8. The molecule has 6 heteroatoms. The number of anilines is 2. The second kappa shape index (κ2) is 4.70. The van der Waals surface area contributed by atoms with Crippen molar-refractivity contribution in [1.29, 1.82) is 0 Å². The second-order valence-electron chi connectivity index (χ2n) is 5.65. The summed E-state index contributed by atoms with van der Waals surface area (Å²) in [6.45, 7) is 3.26. The highest BCUT2D eigenvalue weighted by Gasteiger charge is 2.28. The molecular formula is C13H20N6. The van der Waals surface area contributed by atoms with Gasteiger partial charge in [0.2, 0.25) is 0 Å². The molecule has 0 atom stereocenters. The fraction of sp³-hybridized carbons (Fsp3) is 0.538. The van der Waals surface area contributed by atoms with Crippen molar-refractivity contribution < 1.29 is 0 Å². The lowest BCUT2D eigenvalue weighted by molar-refractivity contribution is 0.361. The Hall–Kier alpha value is -1.82. The molecule has 1 saturated carbocycles. The van der Waals surface area contributed by atoms with Crippen LogP contribution in [-0.2, 0) is 0 Å². The maximum atomic E-state index is 5.45. The van der Waals surface area contributed by atoms with Crippen molar-refractivity contribution in [3.05, 3.63) is 18.6 Å². The molecule has 4 N–H and O–H groups in total. The monoisotopic (exact) mass is 260 g/mol. The van der Waals surface area contributed by atoms with E-state index < -0.39 is 0 Å². The lowest BCUT2D eigenvalue weighted by Crippen LogP contribution is -2.24. The van der Waals surface area contributed by atoms with Gasteiger partial charge in [-0.3, -0.25) is 0 Å². The molecule has 2 aromatic heterocycles. The zero-order valence-corrected chi connectivity index (χ0v) is 11.2. The Labute approximate surface area is 112 Å². The Bertz CT molecular complexity index is 570. The van der Waals surface area contributed by atoms with Gasteiger partial charge < -0.3 is 15.1 Å². The van der Waals surface area contributed by atoms with Gasteiger partial charge in [-0.25, -0.2) is 15.8 Å². The molecule has 3 rings (SSSR count). The summed E-state index contributed by atoms with van der Waals surface area (Å²) in [5.41, 5.74) is 3.79. The van der Waals surface area contributed by atoms with Gasteiger partial charge in [0.05, 0.1) is 6.20 Å². The first-order valence-corrected chi connectivity index (χ1v) is 6.74. The largest absolute Gasteiger partial charge is 0.366 e. The van der Waals surface area contributed by atoms with Crippen LogP contribution in [0, 0.1) is 5.41 Å². The minimum Gasteiger partial charge on any atom is -0.366 e. The standard InChI is InChI=1S/C13H20N6/c1-13(4-2-3-5-13)9-16-11-12-15-6-7-19(12)8-10(17-11)18-14/h6-8,18H,2-5,9,14H2,1H3,(H,16,17). The summed E-state index contributed by atoms with van der Waals surface area (Å²) in [5.74, 6) is 6.86. The number of hydrazine groups is 1. The first-order valence-electron chi connectivity index (χ1n) is 6.74.